The number of amides is 4. The molecule has 190 valence electrons. The van der Waals surface area contributed by atoms with Crippen LogP contribution >= 0.6 is 47.0 Å². The van der Waals surface area contributed by atoms with E-state index in [-0.39, 0.29) is 22.4 Å². The number of carbonyl (C=O) groups excluding carboxylic acids is 4. The van der Waals surface area contributed by atoms with Crippen molar-refractivity contribution in [1.29, 1.82) is 5.26 Å². The van der Waals surface area contributed by atoms with E-state index in [0.29, 0.717) is 52.8 Å². The SMILES string of the molecule is [C-]#[N+]C1=CC(=C2Sc3c(OCC)c4c(c(OCC)c3S2)SC(=C2C=C(C#N)C(=O)NC2=O)S4)C(=O)NC1=O. The molecule has 0 bridgehead atoms. The number of benzene rings is 1. The van der Waals surface area contributed by atoms with Crippen LogP contribution in [0.5, 0.6) is 11.5 Å². The molecule has 0 spiro atoms. The zero-order valence-electron chi connectivity index (χ0n) is 19.5. The highest BCUT2D eigenvalue weighted by atomic mass is 32.2. The summed E-state index contributed by atoms with van der Waals surface area (Å²) >= 11 is 5.09. The number of carbonyl (C=O) groups is 4. The molecule has 0 unspecified atom stereocenters. The Bertz CT molecular complexity index is 1430. The largest absolute Gasteiger partial charge is 0.491 e. The molecule has 1 aromatic carbocycles. The van der Waals surface area contributed by atoms with Crippen LogP contribution in [0.3, 0.4) is 0 Å². The predicted octanol–water partition coefficient (Wildman–Crippen LogP) is 3.87. The molecule has 4 aliphatic heterocycles. The van der Waals surface area contributed by atoms with Crippen LogP contribution in [0.25, 0.3) is 4.85 Å². The van der Waals surface area contributed by atoms with Crippen molar-refractivity contribution in [3.63, 3.8) is 0 Å². The van der Waals surface area contributed by atoms with Gasteiger partial charge in [0, 0.05) is 0 Å². The lowest BCUT2D eigenvalue weighted by molar-refractivity contribution is -0.128. The smallest absolute Gasteiger partial charge is 0.268 e. The molecule has 1 aromatic rings. The molecular weight excluding hydrogens is 569 g/mol. The Balaban J connectivity index is 1.66. The first-order valence-electron chi connectivity index (χ1n) is 10.9. The fraction of sp³-hybridized carbons (Fsp3) is 0.167. The maximum absolute atomic E-state index is 12.6. The maximum atomic E-state index is 12.6. The number of nitriles is 1. The van der Waals surface area contributed by atoms with Crippen molar-refractivity contribution in [3.8, 4) is 17.6 Å². The van der Waals surface area contributed by atoms with Crippen molar-refractivity contribution in [2.24, 2.45) is 0 Å². The third kappa shape index (κ3) is 4.29. The Morgan fingerprint density at radius 1 is 0.789 bits per heavy atom. The Morgan fingerprint density at radius 3 is 1.66 bits per heavy atom. The summed E-state index contributed by atoms with van der Waals surface area (Å²) < 4.78 is 13.2. The summed E-state index contributed by atoms with van der Waals surface area (Å²) in [5.74, 6) is -1.59. The molecular formula is C24H14N4O6S4. The van der Waals surface area contributed by atoms with Gasteiger partial charge in [-0.2, -0.15) is 5.26 Å². The summed E-state index contributed by atoms with van der Waals surface area (Å²) in [5.41, 5.74) is 0.0482. The third-order valence-corrected chi connectivity index (χ3v) is 10.5. The van der Waals surface area contributed by atoms with Crippen LogP contribution in [0.2, 0.25) is 0 Å². The molecule has 0 atom stereocenters. The summed E-state index contributed by atoms with van der Waals surface area (Å²) in [4.78, 5) is 55.1. The fourth-order valence-electron chi connectivity index (χ4n) is 3.66. The third-order valence-electron chi connectivity index (χ3n) is 5.26. The molecule has 5 rings (SSSR count). The quantitative estimate of drug-likeness (QED) is 0.304. The minimum absolute atomic E-state index is 0.166. The summed E-state index contributed by atoms with van der Waals surface area (Å²) in [7, 11) is 0. The van der Waals surface area contributed by atoms with Gasteiger partial charge in [0.1, 0.15) is 23.1 Å². The lowest BCUT2D eigenvalue weighted by Gasteiger charge is -2.16. The lowest BCUT2D eigenvalue weighted by Crippen LogP contribution is -2.36. The van der Waals surface area contributed by atoms with Gasteiger partial charge in [-0.1, -0.05) is 47.0 Å². The van der Waals surface area contributed by atoms with Crippen LogP contribution in [-0.2, 0) is 19.2 Å². The van der Waals surface area contributed by atoms with E-state index in [9.17, 15) is 24.4 Å². The zero-order valence-corrected chi connectivity index (χ0v) is 22.8. The van der Waals surface area contributed by atoms with E-state index >= 15 is 0 Å². The van der Waals surface area contributed by atoms with E-state index < -0.39 is 23.6 Å². The molecule has 0 aromatic heterocycles. The van der Waals surface area contributed by atoms with Gasteiger partial charge in [-0.05, 0) is 26.0 Å². The van der Waals surface area contributed by atoms with Crippen molar-refractivity contribution in [2.45, 2.75) is 33.4 Å². The maximum Gasteiger partial charge on any atom is 0.268 e. The molecule has 14 heteroatoms. The van der Waals surface area contributed by atoms with Gasteiger partial charge in [-0.15, -0.1) is 0 Å². The van der Waals surface area contributed by atoms with E-state index in [1.165, 1.54) is 59.2 Å². The number of fused-ring (bicyclic) bond motifs is 2. The van der Waals surface area contributed by atoms with Gasteiger partial charge in [0.25, 0.3) is 29.3 Å². The molecule has 4 amide bonds. The van der Waals surface area contributed by atoms with Crippen molar-refractivity contribution in [1.82, 2.24) is 10.6 Å². The van der Waals surface area contributed by atoms with E-state index in [1.54, 1.807) is 6.07 Å². The van der Waals surface area contributed by atoms with E-state index in [2.05, 4.69) is 15.5 Å². The second-order valence-electron chi connectivity index (χ2n) is 7.53. The van der Waals surface area contributed by atoms with Crippen LogP contribution in [0.4, 0.5) is 0 Å². The zero-order chi connectivity index (χ0) is 27.1. The van der Waals surface area contributed by atoms with Gasteiger partial charge in [-0.3, -0.25) is 29.8 Å². The number of nitrogens with zero attached hydrogens (tertiary/aromatic N) is 2. The summed E-state index contributed by atoms with van der Waals surface area (Å²) in [5, 5.41) is 13.7. The Hall–Kier alpha value is -3.56. The van der Waals surface area contributed by atoms with Crippen molar-refractivity contribution in [3.05, 3.63) is 54.5 Å². The first-order chi connectivity index (χ1) is 18.3. The topological polar surface area (TPSA) is 139 Å². The average Bonchev–Trinajstić information content (AvgIpc) is 3.52. The Labute approximate surface area is 233 Å². The van der Waals surface area contributed by atoms with E-state index in [4.69, 9.17) is 16.0 Å². The molecule has 10 nitrogen and oxygen atoms in total. The normalized spacial score (nSPS) is 18.2. The highest BCUT2D eigenvalue weighted by molar-refractivity contribution is 8.26. The highest BCUT2D eigenvalue weighted by Gasteiger charge is 2.40. The second kappa shape index (κ2) is 10.3. The number of imide groups is 2. The molecule has 4 aliphatic rings. The molecule has 0 saturated carbocycles. The monoisotopic (exact) mass is 582 g/mol. The van der Waals surface area contributed by atoms with Crippen LogP contribution in [0.15, 0.2) is 62.6 Å². The standard InChI is InChI=1S/C24H14N4O6S4/c1-4-33-13-15-16(36-23(35-15)10-6-9(8-25)19(29)27-20(10)30)14(34-5-2)18-17(13)37-24(38-18)11-7-12(26-3)22(32)28-21(11)31/h6-7H,4-5H2,1-2H3,(H,27,29,30)(H,28,31,32). The molecule has 0 aliphatic carbocycles. The number of ether oxygens (including phenoxy) is 2. The van der Waals surface area contributed by atoms with E-state index in [0.717, 1.165) is 0 Å². The van der Waals surface area contributed by atoms with E-state index in [1.807, 2.05) is 13.8 Å². The van der Waals surface area contributed by atoms with Crippen molar-refractivity contribution >= 4 is 70.7 Å². The fourth-order valence-corrected chi connectivity index (χ4v) is 9.16. The first-order valence-corrected chi connectivity index (χ1v) is 14.2. The number of thioether (sulfide) groups is 4. The van der Waals surface area contributed by atoms with Crippen LogP contribution < -0.4 is 20.1 Å². The second-order valence-corrected chi connectivity index (χ2v) is 12.1. The number of rotatable bonds is 4. The summed E-state index contributed by atoms with van der Waals surface area (Å²) in [6, 6.07) is 1.80. The van der Waals surface area contributed by atoms with Crippen molar-refractivity contribution < 1.29 is 28.7 Å². The molecule has 0 fully saturated rings. The predicted molar refractivity (Wildman–Crippen MR) is 141 cm³/mol. The Kier molecular flexibility index (Phi) is 7.07. The number of hydrogen-bond acceptors (Lipinski definition) is 11. The van der Waals surface area contributed by atoms with Crippen LogP contribution in [0, 0.1) is 17.9 Å². The Morgan fingerprint density at radius 2 is 1.24 bits per heavy atom. The van der Waals surface area contributed by atoms with Crippen LogP contribution in [-0.4, -0.2) is 36.8 Å². The van der Waals surface area contributed by atoms with Gasteiger partial charge in [0.05, 0.1) is 59.0 Å². The minimum atomic E-state index is -0.742. The highest BCUT2D eigenvalue weighted by Crippen LogP contribution is 2.68. The van der Waals surface area contributed by atoms with Gasteiger partial charge in [0.15, 0.2) is 0 Å². The van der Waals surface area contributed by atoms with Gasteiger partial charge < -0.3 is 9.47 Å². The number of nitrogens with one attached hydrogen (secondary N) is 2. The molecule has 4 heterocycles. The lowest BCUT2D eigenvalue weighted by atomic mass is 10.1. The molecule has 0 saturated heterocycles. The van der Waals surface area contributed by atoms with Gasteiger partial charge in [-0.25, -0.2) is 4.85 Å². The number of hydrogen-bond donors (Lipinski definition) is 2. The summed E-state index contributed by atoms with van der Waals surface area (Å²) in [6.07, 6.45) is 2.57. The van der Waals surface area contributed by atoms with Gasteiger partial charge in [0.2, 0.25) is 0 Å². The molecule has 38 heavy (non-hydrogen) atoms. The van der Waals surface area contributed by atoms with Crippen molar-refractivity contribution in [2.75, 3.05) is 13.2 Å². The molecule has 2 N–H and O–H groups in total. The van der Waals surface area contributed by atoms with Gasteiger partial charge >= 0.3 is 0 Å². The summed E-state index contributed by atoms with van der Waals surface area (Å²) in [6.45, 7) is 11.6. The average molecular weight is 583 g/mol. The first kappa shape index (κ1) is 26.1. The van der Waals surface area contributed by atoms with Crippen LogP contribution in [0.1, 0.15) is 13.8 Å². The minimum Gasteiger partial charge on any atom is -0.491 e. The molecule has 0 radical (unpaired) electrons.